The molecule has 12 heteroatoms. The van der Waals surface area contributed by atoms with Crippen LogP contribution < -0.4 is 0 Å². The number of rotatable bonds is 8. The quantitative estimate of drug-likeness (QED) is 0.549. The van der Waals surface area contributed by atoms with Crippen molar-refractivity contribution in [1.29, 1.82) is 0 Å². The van der Waals surface area contributed by atoms with Gasteiger partial charge in [-0.15, -0.1) is 12.4 Å². The standard InChI is InChI=1S/C17H29N5O5S.ClH/c1-2-13-28(24,25)22-7-5-20(6-8-22)14-15-18-16(27-19-15)3-4-17(23)21-9-11-26-12-10-21;/h2-14H2,1H3;1H. The molecule has 2 saturated heterocycles. The van der Waals surface area contributed by atoms with Crippen LogP contribution in [0.15, 0.2) is 4.52 Å². The summed E-state index contributed by atoms with van der Waals surface area (Å²) in [7, 11) is -3.14. The molecule has 3 rings (SSSR count). The number of amides is 1. The smallest absolute Gasteiger partial charge is 0.227 e. The molecule has 0 N–H and O–H groups in total. The second-order valence-corrected chi connectivity index (χ2v) is 9.18. The van der Waals surface area contributed by atoms with Crippen LogP contribution in [-0.4, -0.2) is 96.8 Å². The van der Waals surface area contributed by atoms with Gasteiger partial charge in [0.2, 0.25) is 21.8 Å². The molecule has 0 saturated carbocycles. The van der Waals surface area contributed by atoms with Crippen LogP contribution in [0.5, 0.6) is 0 Å². The number of carbonyl (C=O) groups is 1. The van der Waals surface area contributed by atoms with Crippen LogP contribution in [0.4, 0.5) is 0 Å². The summed E-state index contributed by atoms with van der Waals surface area (Å²) in [6, 6.07) is 0. The van der Waals surface area contributed by atoms with Gasteiger partial charge in [-0.2, -0.15) is 9.29 Å². The number of halogens is 1. The average molecular weight is 452 g/mol. The molecule has 2 aliphatic rings. The first-order valence-electron chi connectivity index (χ1n) is 9.85. The molecule has 0 spiro atoms. The van der Waals surface area contributed by atoms with Crippen LogP contribution in [0.3, 0.4) is 0 Å². The Bertz CT molecular complexity index is 745. The van der Waals surface area contributed by atoms with Gasteiger partial charge in [0.25, 0.3) is 0 Å². The number of sulfonamides is 1. The number of hydrogen-bond acceptors (Lipinski definition) is 8. The molecule has 2 aliphatic heterocycles. The van der Waals surface area contributed by atoms with Crippen LogP contribution in [0.2, 0.25) is 0 Å². The lowest BCUT2D eigenvalue weighted by Crippen LogP contribution is -2.48. The summed E-state index contributed by atoms with van der Waals surface area (Å²) in [6.45, 7) is 7.08. The van der Waals surface area contributed by atoms with E-state index in [2.05, 4.69) is 15.0 Å². The van der Waals surface area contributed by atoms with E-state index < -0.39 is 10.0 Å². The fourth-order valence-corrected chi connectivity index (χ4v) is 4.89. The van der Waals surface area contributed by atoms with Gasteiger partial charge < -0.3 is 14.2 Å². The van der Waals surface area contributed by atoms with Crippen LogP contribution in [-0.2, 0) is 32.5 Å². The Labute approximate surface area is 178 Å². The lowest BCUT2D eigenvalue weighted by Gasteiger charge is -2.33. The molecule has 166 valence electrons. The predicted octanol–water partition coefficient (Wildman–Crippen LogP) is 0.140. The summed E-state index contributed by atoms with van der Waals surface area (Å²) in [5.41, 5.74) is 0. The molecule has 1 amide bonds. The maximum absolute atomic E-state index is 12.2. The number of piperazine rings is 1. The molecular formula is C17H30ClN5O5S. The van der Waals surface area contributed by atoms with Gasteiger partial charge in [-0.05, 0) is 6.42 Å². The molecule has 2 fully saturated rings. The Morgan fingerprint density at radius 1 is 1.10 bits per heavy atom. The molecule has 1 aromatic heterocycles. The van der Waals surface area contributed by atoms with Crippen molar-refractivity contribution < 1.29 is 22.5 Å². The molecule has 0 aromatic carbocycles. The zero-order valence-corrected chi connectivity index (χ0v) is 18.4. The van der Waals surface area contributed by atoms with Gasteiger partial charge in [-0.25, -0.2) is 8.42 Å². The van der Waals surface area contributed by atoms with Gasteiger partial charge in [-0.3, -0.25) is 9.69 Å². The topological polar surface area (TPSA) is 109 Å². The Morgan fingerprint density at radius 2 is 1.79 bits per heavy atom. The van der Waals surface area contributed by atoms with E-state index in [0.717, 1.165) is 0 Å². The minimum Gasteiger partial charge on any atom is -0.378 e. The van der Waals surface area contributed by atoms with Crippen LogP contribution >= 0.6 is 12.4 Å². The summed E-state index contributed by atoms with van der Waals surface area (Å²) in [5.74, 6) is 1.30. The SMILES string of the molecule is CCCS(=O)(=O)N1CCN(Cc2noc(CCC(=O)N3CCOCC3)n2)CC1.Cl. The molecule has 0 bridgehead atoms. The van der Waals surface area contributed by atoms with Crippen molar-refractivity contribution in [3.8, 4) is 0 Å². The monoisotopic (exact) mass is 451 g/mol. The zero-order valence-electron chi connectivity index (χ0n) is 16.8. The van der Waals surface area contributed by atoms with Gasteiger partial charge in [-0.1, -0.05) is 12.1 Å². The van der Waals surface area contributed by atoms with Crippen molar-refractivity contribution in [3.05, 3.63) is 11.7 Å². The Hall–Kier alpha value is -1.27. The molecule has 29 heavy (non-hydrogen) atoms. The van der Waals surface area contributed by atoms with Gasteiger partial charge >= 0.3 is 0 Å². The van der Waals surface area contributed by atoms with Gasteiger partial charge in [0, 0.05) is 52.1 Å². The van der Waals surface area contributed by atoms with Gasteiger partial charge in [0.15, 0.2) is 5.82 Å². The molecule has 0 radical (unpaired) electrons. The summed E-state index contributed by atoms with van der Waals surface area (Å²) < 4.78 is 36.3. The number of ether oxygens (including phenoxy) is 1. The summed E-state index contributed by atoms with van der Waals surface area (Å²) in [6.07, 6.45) is 1.39. The second kappa shape index (κ2) is 11.2. The number of carbonyl (C=O) groups excluding carboxylic acids is 1. The van der Waals surface area contributed by atoms with Gasteiger partial charge in [0.05, 0.1) is 25.5 Å². The summed E-state index contributed by atoms with van der Waals surface area (Å²) in [5, 5.41) is 3.99. The number of morpholine rings is 1. The average Bonchev–Trinajstić information content (AvgIpc) is 3.14. The minimum absolute atomic E-state index is 0. The van der Waals surface area contributed by atoms with Crippen molar-refractivity contribution in [2.24, 2.45) is 0 Å². The largest absolute Gasteiger partial charge is 0.378 e. The fourth-order valence-electron chi connectivity index (χ4n) is 3.39. The van der Waals surface area contributed by atoms with E-state index in [1.807, 2.05) is 6.92 Å². The van der Waals surface area contributed by atoms with Crippen molar-refractivity contribution in [2.45, 2.75) is 32.7 Å². The molecule has 10 nitrogen and oxygen atoms in total. The lowest BCUT2D eigenvalue weighted by atomic mass is 10.2. The van der Waals surface area contributed by atoms with Crippen molar-refractivity contribution in [1.82, 2.24) is 24.2 Å². The van der Waals surface area contributed by atoms with Crippen molar-refractivity contribution >= 4 is 28.3 Å². The van der Waals surface area contributed by atoms with E-state index in [1.165, 1.54) is 0 Å². The summed E-state index contributed by atoms with van der Waals surface area (Å²) >= 11 is 0. The number of hydrogen-bond donors (Lipinski definition) is 0. The highest BCUT2D eigenvalue weighted by Gasteiger charge is 2.27. The van der Waals surface area contributed by atoms with Crippen LogP contribution in [0, 0.1) is 0 Å². The van der Waals surface area contributed by atoms with E-state index in [0.29, 0.717) is 90.0 Å². The van der Waals surface area contributed by atoms with E-state index >= 15 is 0 Å². The number of nitrogens with zero attached hydrogens (tertiary/aromatic N) is 5. The highest BCUT2D eigenvalue weighted by atomic mass is 35.5. The highest BCUT2D eigenvalue weighted by Crippen LogP contribution is 2.12. The van der Waals surface area contributed by atoms with Crippen molar-refractivity contribution in [3.63, 3.8) is 0 Å². The highest BCUT2D eigenvalue weighted by molar-refractivity contribution is 7.89. The molecular weight excluding hydrogens is 422 g/mol. The zero-order chi connectivity index (χ0) is 20.0. The Balaban J connectivity index is 0.00000300. The number of aromatic nitrogens is 2. The maximum Gasteiger partial charge on any atom is 0.227 e. The molecule has 1 aromatic rings. The van der Waals surface area contributed by atoms with Gasteiger partial charge in [0.1, 0.15) is 0 Å². The summed E-state index contributed by atoms with van der Waals surface area (Å²) in [4.78, 5) is 20.5. The van der Waals surface area contributed by atoms with Crippen LogP contribution in [0.1, 0.15) is 31.5 Å². The van der Waals surface area contributed by atoms with E-state index in [1.54, 1.807) is 9.21 Å². The number of aryl methyl sites for hydroxylation is 1. The van der Waals surface area contributed by atoms with Crippen molar-refractivity contribution in [2.75, 3.05) is 58.2 Å². The molecule has 0 aliphatic carbocycles. The third-order valence-corrected chi connectivity index (χ3v) is 7.05. The third-order valence-electron chi connectivity index (χ3n) is 4.98. The maximum atomic E-state index is 12.2. The van der Waals surface area contributed by atoms with Crippen LogP contribution in [0.25, 0.3) is 0 Å². The van der Waals surface area contributed by atoms with E-state index in [9.17, 15) is 13.2 Å². The Kier molecular flexibility index (Phi) is 9.28. The van der Waals surface area contributed by atoms with E-state index in [4.69, 9.17) is 9.26 Å². The first-order valence-corrected chi connectivity index (χ1v) is 11.5. The fraction of sp³-hybridized carbons (Fsp3) is 0.824. The predicted molar refractivity (Wildman–Crippen MR) is 108 cm³/mol. The first kappa shape index (κ1) is 24.0. The second-order valence-electron chi connectivity index (χ2n) is 7.09. The Morgan fingerprint density at radius 3 is 2.45 bits per heavy atom. The molecule has 0 atom stereocenters. The first-order chi connectivity index (χ1) is 13.5. The minimum atomic E-state index is -3.14. The van der Waals surface area contributed by atoms with E-state index in [-0.39, 0.29) is 24.1 Å². The lowest BCUT2D eigenvalue weighted by molar-refractivity contribution is -0.135. The normalized spacial score (nSPS) is 19.1. The third kappa shape index (κ3) is 6.88. The molecule has 0 unspecified atom stereocenters. The molecule has 3 heterocycles.